The molecule has 86 valence electrons. The van der Waals surface area contributed by atoms with Crippen LogP contribution in [0.2, 0.25) is 0 Å². The summed E-state index contributed by atoms with van der Waals surface area (Å²) in [6, 6.07) is 5.03. The lowest BCUT2D eigenvalue weighted by Crippen LogP contribution is -2.50. The predicted octanol–water partition coefficient (Wildman–Crippen LogP) is 1.33. The average molecular weight is 221 g/mol. The van der Waals surface area contributed by atoms with Gasteiger partial charge in [-0.15, -0.1) is 0 Å². The summed E-state index contributed by atoms with van der Waals surface area (Å²) in [5.74, 6) is 0.676. The summed E-state index contributed by atoms with van der Waals surface area (Å²) in [5.41, 5.74) is 0.998. The molecule has 0 spiro atoms. The van der Waals surface area contributed by atoms with E-state index in [4.69, 9.17) is 9.84 Å². The number of anilines is 1. The van der Waals surface area contributed by atoms with Crippen molar-refractivity contribution in [3.05, 3.63) is 23.8 Å². The van der Waals surface area contributed by atoms with Gasteiger partial charge in [-0.05, 0) is 31.5 Å². The Morgan fingerprint density at radius 2 is 2.31 bits per heavy atom. The van der Waals surface area contributed by atoms with Gasteiger partial charge in [-0.1, -0.05) is 6.07 Å². The van der Waals surface area contributed by atoms with E-state index < -0.39 is 5.60 Å². The maximum Gasteiger partial charge on any atom is 0.146 e. The highest BCUT2D eigenvalue weighted by molar-refractivity contribution is 5.72. The zero-order valence-corrected chi connectivity index (χ0v) is 9.36. The van der Waals surface area contributed by atoms with Crippen molar-refractivity contribution in [1.82, 2.24) is 0 Å². The number of hydrogen-bond acceptors (Lipinski definition) is 4. The maximum absolute atomic E-state index is 10.9. The number of aldehydes is 1. The minimum absolute atomic E-state index is 0.0197. The van der Waals surface area contributed by atoms with Crippen LogP contribution in [-0.2, 0) is 11.4 Å². The van der Waals surface area contributed by atoms with Gasteiger partial charge in [-0.25, -0.2) is 0 Å². The largest absolute Gasteiger partial charge is 0.483 e. The molecule has 0 saturated carbocycles. The Morgan fingerprint density at radius 3 is 2.94 bits per heavy atom. The van der Waals surface area contributed by atoms with Crippen molar-refractivity contribution >= 4 is 12.0 Å². The van der Waals surface area contributed by atoms with Crippen LogP contribution in [0, 0.1) is 0 Å². The van der Waals surface area contributed by atoms with Crippen molar-refractivity contribution in [2.75, 3.05) is 5.32 Å². The molecule has 1 aromatic carbocycles. The Bertz CT molecular complexity index is 415. The summed E-state index contributed by atoms with van der Waals surface area (Å²) in [7, 11) is 0. The van der Waals surface area contributed by atoms with Crippen LogP contribution < -0.4 is 10.1 Å². The fourth-order valence-corrected chi connectivity index (χ4v) is 1.75. The van der Waals surface area contributed by atoms with Gasteiger partial charge in [0.05, 0.1) is 12.3 Å². The van der Waals surface area contributed by atoms with Crippen LogP contribution in [0.5, 0.6) is 5.75 Å². The summed E-state index contributed by atoms with van der Waals surface area (Å²) < 4.78 is 5.76. The lowest BCUT2D eigenvalue weighted by molar-refractivity contribution is -0.112. The molecule has 1 atom stereocenters. The van der Waals surface area contributed by atoms with Gasteiger partial charge in [0.2, 0.25) is 0 Å². The Kier molecular flexibility index (Phi) is 2.59. The minimum atomic E-state index is -0.581. The molecule has 0 aliphatic carbocycles. The molecule has 1 aliphatic heterocycles. The van der Waals surface area contributed by atoms with Crippen molar-refractivity contribution in [3.8, 4) is 5.75 Å². The Balaban J connectivity index is 2.38. The number of carbonyl (C=O) groups excluding carboxylic acids is 1. The van der Waals surface area contributed by atoms with Crippen LogP contribution in [-0.4, -0.2) is 23.0 Å². The summed E-state index contributed by atoms with van der Waals surface area (Å²) in [6.45, 7) is 3.69. The topological polar surface area (TPSA) is 58.6 Å². The van der Waals surface area contributed by atoms with Crippen LogP contribution in [0.15, 0.2) is 18.2 Å². The molecule has 4 heteroatoms. The number of rotatable bonds is 2. The van der Waals surface area contributed by atoms with Gasteiger partial charge in [0.15, 0.2) is 0 Å². The zero-order valence-electron chi connectivity index (χ0n) is 9.36. The third kappa shape index (κ3) is 1.76. The lowest BCUT2D eigenvalue weighted by Gasteiger charge is -2.38. The first-order chi connectivity index (χ1) is 7.56. The van der Waals surface area contributed by atoms with E-state index in [0.717, 1.165) is 17.5 Å². The number of aliphatic hydroxyl groups is 1. The second-order valence-electron chi connectivity index (χ2n) is 4.45. The Hall–Kier alpha value is -1.55. The summed E-state index contributed by atoms with van der Waals surface area (Å²) in [5, 5.41) is 12.1. The first-order valence-electron chi connectivity index (χ1n) is 5.21. The monoisotopic (exact) mass is 221 g/mol. The predicted molar refractivity (Wildman–Crippen MR) is 60.5 cm³/mol. The number of fused-ring (bicyclic) bond motifs is 1. The van der Waals surface area contributed by atoms with Crippen LogP contribution >= 0.6 is 0 Å². The van der Waals surface area contributed by atoms with Gasteiger partial charge >= 0.3 is 0 Å². The fraction of sp³-hybridized carbons (Fsp3) is 0.417. The molecule has 2 N–H and O–H groups in total. The van der Waals surface area contributed by atoms with Crippen molar-refractivity contribution in [2.24, 2.45) is 0 Å². The molecular formula is C12H15NO3. The second-order valence-corrected chi connectivity index (χ2v) is 4.45. The summed E-state index contributed by atoms with van der Waals surface area (Å²) in [4.78, 5) is 10.9. The summed E-state index contributed by atoms with van der Waals surface area (Å²) >= 11 is 0. The van der Waals surface area contributed by atoms with Gasteiger partial charge in [-0.2, -0.15) is 0 Å². The maximum atomic E-state index is 10.9. The van der Waals surface area contributed by atoms with E-state index in [0.29, 0.717) is 5.75 Å². The van der Waals surface area contributed by atoms with Crippen LogP contribution in [0.3, 0.4) is 0 Å². The molecule has 0 aromatic heterocycles. The third-order valence-corrected chi connectivity index (χ3v) is 2.80. The van der Waals surface area contributed by atoms with Gasteiger partial charge in [0, 0.05) is 0 Å². The number of carbonyl (C=O) groups is 1. The molecule has 4 nitrogen and oxygen atoms in total. The van der Waals surface area contributed by atoms with Crippen molar-refractivity contribution in [3.63, 3.8) is 0 Å². The van der Waals surface area contributed by atoms with Crippen LogP contribution in [0.1, 0.15) is 19.4 Å². The minimum Gasteiger partial charge on any atom is -0.483 e. The highest BCUT2D eigenvalue weighted by Gasteiger charge is 2.36. The standard InChI is InChI=1S/C12H15NO3/c1-12(2)11(7-15)13-9-4-3-8(6-14)5-10(9)16-12/h3-5,7,11,13-14H,6H2,1-2H3. The molecule has 0 fully saturated rings. The Morgan fingerprint density at radius 1 is 1.56 bits per heavy atom. The van der Waals surface area contributed by atoms with Crippen molar-refractivity contribution in [2.45, 2.75) is 32.1 Å². The van der Waals surface area contributed by atoms with E-state index in [1.54, 1.807) is 12.1 Å². The van der Waals surface area contributed by atoms with Gasteiger partial charge in [-0.3, -0.25) is 0 Å². The summed E-state index contributed by atoms with van der Waals surface area (Å²) in [6.07, 6.45) is 0.850. The van der Waals surface area contributed by atoms with E-state index >= 15 is 0 Å². The van der Waals surface area contributed by atoms with Gasteiger partial charge in [0.1, 0.15) is 23.7 Å². The third-order valence-electron chi connectivity index (χ3n) is 2.80. The number of hydrogen-bond donors (Lipinski definition) is 2. The number of benzene rings is 1. The quantitative estimate of drug-likeness (QED) is 0.740. The fourth-order valence-electron chi connectivity index (χ4n) is 1.75. The highest BCUT2D eigenvalue weighted by Crippen LogP contribution is 2.36. The highest BCUT2D eigenvalue weighted by atomic mass is 16.5. The molecule has 0 saturated heterocycles. The first-order valence-corrected chi connectivity index (χ1v) is 5.21. The normalized spacial score (nSPS) is 21.6. The zero-order chi connectivity index (χ0) is 11.8. The smallest absolute Gasteiger partial charge is 0.146 e. The van der Waals surface area contributed by atoms with E-state index in [-0.39, 0.29) is 12.6 Å². The van der Waals surface area contributed by atoms with E-state index in [1.165, 1.54) is 0 Å². The van der Waals surface area contributed by atoms with Crippen molar-refractivity contribution in [1.29, 1.82) is 0 Å². The molecule has 0 bridgehead atoms. The molecule has 1 unspecified atom stereocenters. The number of aliphatic hydroxyl groups excluding tert-OH is 1. The number of ether oxygens (including phenoxy) is 1. The van der Waals surface area contributed by atoms with E-state index in [1.807, 2.05) is 19.9 Å². The van der Waals surface area contributed by atoms with E-state index in [2.05, 4.69) is 5.32 Å². The van der Waals surface area contributed by atoms with Gasteiger partial charge < -0.3 is 20.0 Å². The first kappa shape index (κ1) is 11.0. The number of nitrogens with one attached hydrogen (secondary N) is 1. The average Bonchev–Trinajstić information content (AvgIpc) is 2.26. The molecular weight excluding hydrogens is 206 g/mol. The van der Waals surface area contributed by atoms with Crippen LogP contribution in [0.25, 0.3) is 0 Å². The molecule has 1 heterocycles. The molecule has 1 aliphatic rings. The molecule has 0 radical (unpaired) electrons. The van der Waals surface area contributed by atoms with Crippen LogP contribution in [0.4, 0.5) is 5.69 Å². The SMILES string of the molecule is CC1(C)Oc2cc(CO)ccc2NC1C=O. The Labute approximate surface area is 94.2 Å². The molecule has 0 amide bonds. The lowest BCUT2D eigenvalue weighted by atomic mass is 9.97. The molecule has 16 heavy (non-hydrogen) atoms. The van der Waals surface area contributed by atoms with E-state index in [9.17, 15) is 4.79 Å². The molecule has 1 aromatic rings. The van der Waals surface area contributed by atoms with Gasteiger partial charge in [0.25, 0.3) is 0 Å². The second kappa shape index (κ2) is 3.79. The van der Waals surface area contributed by atoms with Crippen molar-refractivity contribution < 1.29 is 14.6 Å². The molecule has 2 rings (SSSR count).